The van der Waals surface area contributed by atoms with Crippen LogP contribution in [0.3, 0.4) is 0 Å². The number of rotatable bonds is 6. The minimum absolute atomic E-state index is 0.0166. The Morgan fingerprint density at radius 3 is 2.67 bits per heavy atom. The van der Waals surface area contributed by atoms with Crippen molar-refractivity contribution in [3.05, 3.63) is 75.3 Å². The number of nitrogens with one attached hydrogen (secondary N) is 1. The van der Waals surface area contributed by atoms with Crippen LogP contribution in [0.5, 0.6) is 0 Å². The van der Waals surface area contributed by atoms with Crippen LogP contribution in [-0.2, 0) is 17.8 Å². The van der Waals surface area contributed by atoms with Gasteiger partial charge < -0.3 is 5.32 Å². The molecular formula is C22H20ClN5O2. The average Bonchev–Trinajstić information content (AvgIpc) is 3.46. The fourth-order valence-corrected chi connectivity index (χ4v) is 3.86. The summed E-state index contributed by atoms with van der Waals surface area (Å²) < 4.78 is 3.46. The summed E-state index contributed by atoms with van der Waals surface area (Å²) in [5.74, 6) is 1.11. The molecule has 1 N–H and O–H groups in total. The summed E-state index contributed by atoms with van der Waals surface area (Å²) in [5, 5.41) is 12.8. The van der Waals surface area contributed by atoms with E-state index in [4.69, 9.17) is 11.6 Å². The van der Waals surface area contributed by atoms with Gasteiger partial charge in [-0.15, -0.1) is 10.2 Å². The first kappa shape index (κ1) is 18.8. The van der Waals surface area contributed by atoms with Crippen molar-refractivity contribution in [1.82, 2.24) is 24.5 Å². The maximum Gasteiger partial charge on any atom is 0.263 e. The molecule has 1 amide bonds. The molecule has 152 valence electrons. The summed E-state index contributed by atoms with van der Waals surface area (Å²) >= 11 is 6.33. The standard InChI is InChI=1S/C22H20ClN5O2/c23-17-7-3-1-5-14(17)13-27-21(30)16-6-2-4-8-18(16)28-19(25-26-22(27)28)11-12-20(29)24-15-9-10-15/h1-8,15H,9-13H2,(H,24,29). The number of hydrogen-bond donors (Lipinski definition) is 1. The first-order valence-electron chi connectivity index (χ1n) is 10.00. The smallest absolute Gasteiger partial charge is 0.263 e. The second-order valence-electron chi connectivity index (χ2n) is 7.59. The van der Waals surface area contributed by atoms with Gasteiger partial charge in [-0.3, -0.25) is 18.6 Å². The number of carbonyl (C=O) groups is 1. The Morgan fingerprint density at radius 2 is 1.87 bits per heavy atom. The van der Waals surface area contributed by atoms with Gasteiger partial charge in [-0.1, -0.05) is 41.9 Å². The van der Waals surface area contributed by atoms with Crippen LogP contribution in [-0.4, -0.2) is 31.1 Å². The molecular weight excluding hydrogens is 402 g/mol. The molecule has 0 saturated heterocycles. The molecule has 7 nitrogen and oxygen atoms in total. The Kier molecular flexibility index (Phi) is 4.75. The fraction of sp³-hybridized carbons (Fsp3) is 0.273. The van der Waals surface area contributed by atoms with Gasteiger partial charge >= 0.3 is 0 Å². The minimum atomic E-state index is -0.150. The molecule has 4 aromatic rings. The van der Waals surface area contributed by atoms with Gasteiger partial charge in [0.05, 0.1) is 17.4 Å². The van der Waals surface area contributed by atoms with E-state index in [2.05, 4.69) is 15.5 Å². The maximum atomic E-state index is 13.2. The van der Waals surface area contributed by atoms with Crippen LogP contribution in [0.2, 0.25) is 5.02 Å². The average molecular weight is 422 g/mol. The third kappa shape index (κ3) is 3.45. The molecule has 2 aromatic carbocycles. The van der Waals surface area contributed by atoms with Gasteiger partial charge in [0.2, 0.25) is 11.7 Å². The fourth-order valence-electron chi connectivity index (χ4n) is 3.67. The van der Waals surface area contributed by atoms with Gasteiger partial charge in [0.1, 0.15) is 5.82 Å². The highest BCUT2D eigenvalue weighted by Gasteiger charge is 2.23. The molecule has 8 heteroatoms. The van der Waals surface area contributed by atoms with Gasteiger partial charge in [-0.05, 0) is 36.6 Å². The van der Waals surface area contributed by atoms with Gasteiger partial charge in [0.25, 0.3) is 5.56 Å². The number of nitrogens with zero attached hydrogens (tertiary/aromatic N) is 4. The lowest BCUT2D eigenvalue weighted by Gasteiger charge is -2.12. The maximum absolute atomic E-state index is 13.2. The van der Waals surface area contributed by atoms with Gasteiger partial charge in [0.15, 0.2) is 0 Å². The number of fused-ring (bicyclic) bond motifs is 3. The van der Waals surface area contributed by atoms with E-state index in [1.165, 1.54) is 0 Å². The van der Waals surface area contributed by atoms with Crippen molar-refractivity contribution >= 4 is 34.2 Å². The van der Waals surface area contributed by atoms with Gasteiger partial charge in [-0.25, -0.2) is 0 Å². The highest BCUT2D eigenvalue weighted by molar-refractivity contribution is 6.31. The Labute approximate surface area is 177 Å². The molecule has 2 heterocycles. The third-order valence-corrected chi connectivity index (χ3v) is 5.75. The van der Waals surface area contributed by atoms with E-state index in [9.17, 15) is 9.59 Å². The lowest BCUT2D eigenvalue weighted by molar-refractivity contribution is -0.121. The summed E-state index contributed by atoms with van der Waals surface area (Å²) in [5.41, 5.74) is 1.41. The SMILES string of the molecule is O=C(CCc1nnc2n(Cc3ccccc3Cl)c(=O)c3ccccc3n12)NC1CC1. The van der Waals surface area contributed by atoms with Crippen LogP contribution in [0.15, 0.2) is 53.3 Å². The number of para-hydroxylation sites is 1. The Morgan fingerprint density at radius 1 is 1.10 bits per heavy atom. The van der Waals surface area contributed by atoms with E-state index in [0.717, 1.165) is 23.9 Å². The van der Waals surface area contributed by atoms with Crippen molar-refractivity contribution in [3.63, 3.8) is 0 Å². The molecule has 5 rings (SSSR count). The number of amides is 1. The Hall–Kier alpha value is -3.19. The molecule has 0 aliphatic heterocycles. The van der Waals surface area contributed by atoms with E-state index in [0.29, 0.717) is 40.9 Å². The zero-order valence-corrected chi connectivity index (χ0v) is 17.0. The van der Waals surface area contributed by atoms with E-state index in [-0.39, 0.29) is 18.0 Å². The number of benzene rings is 2. The highest BCUT2D eigenvalue weighted by atomic mass is 35.5. The minimum Gasteiger partial charge on any atom is -0.353 e. The largest absolute Gasteiger partial charge is 0.353 e. The predicted octanol–water partition coefficient (Wildman–Crippen LogP) is 2.96. The van der Waals surface area contributed by atoms with Crippen LogP contribution in [0.1, 0.15) is 30.7 Å². The number of aromatic nitrogens is 4. The first-order chi connectivity index (χ1) is 14.6. The van der Waals surface area contributed by atoms with Crippen LogP contribution in [0.25, 0.3) is 16.7 Å². The zero-order chi connectivity index (χ0) is 20.7. The summed E-state index contributed by atoms with van der Waals surface area (Å²) in [6.07, 6.45) is 2.88. The van der Waals surface area contributed by atoms with Crippen molar-refractivity contribution in [2.75, 3.05) is 0 Å². The van der Waals surface area contributed by atoms with Crippen LogP contribution in [0, 0.1) is 0 Å². The molecule has 0 unspecified atom stereocenters. The molecule has 30 heavy (non-hydrogen) atoms. The summed E-state index contributed by atoms with van der Waals surface area (Å²) in [7, 11) is 0. The third-order valence-electron chi connectivity index (χ3n) is 5.38. The van der Waals surface area contributed by atoms with Crippen LogP contribution in [0.4, 0.5) is 0 Å². The lowest BCUT2D eigenvalue weighted by Crippen LogP contribution is -2.26. The van der Waals surface area contributed by atoms with Crippen LogP contribution < -0.4 is 10.9 Å². The number of hydrogen-bond acceptors (Lipinski definition) is 4. The normalized spacial score (nSPS) is 13.8. The van der Waals surface area contributed by atoms with Crippen molar-refractivity contribution in [1.29, 1.82) is 0 Å². The number of carbonyl (C=O) groups excluding carboxylic acids is 1. The van der Waals surface area contributed by atoms with Crippen molar-refractivity contribution in [2.45, 2.75) is 38.3 Å². The van der Waals surface area contributed by atoms with Gasteiger partial charge in [0, 0.05) is 23.9 Å². The lowest BCUT2D eigenvalue weighted by atomic mass is 10.2. The van der Waals surface area contributed by atoms with Gasteiger partial charge in [-0.2, -0.15) is 0 Å². The topological polar surface area (TPSA) is 81.3 Å². The second kappa shape index (κ2) is 7.57. The Balaban J connectivity index is 1.60. The monoisotopic (exact) mass is 421 g/mol. The molecule has 0 radical (unpaired) electrons. The molecule has 0 spiro atoms. The summed E-state index contributed by atoms with van der Waals surface area (Å²) in [6, 6.07) is 15.1. The second-order valence-corrected chi connectivity index (χ2v) is 8.00. The quantitative estimate of drug-likeness (QED) is 0.519. The van der Waals surface area contributed by atoms with Crippen LogP contribution >= 0.6 is 11.6 Å². The van der Waals surface area contributed by atoms with Crippen molar-refractivity contribution < 1.29 is 4.79 Å². The molecule has 0 atom stereocenters. The van der Waals surface area contributed by atoms with E-state index in [1.54, 1.807) is 16.7 Å². The molecule has 1 saturated carbocycles. The summed E-state index contributed by atoms with van der Waals surface area (Å²) in [6.45, 7) is 0.285. The zero-order valence-electron chi connectivity index (χ0n) is 16.2. The summed E-state index contributed by atoms with van der Waals surface area (Å²) in [4.78, 5) is 25.4. The van der Waals surface area contributed by atoms with E-state index < -0.39 is 0 Å². The number of aryl methyl sites for hydroxylation is 1. The van der Waals surface area contributed by atoms with Crippen molar-refractivity contribution in [3.8, 4) is 0 Å². The highest BCUT2D eigenvalue weighted by Crippen LogP contribution is 2.21. The predicted molar refractivity (Wildman–Crippen MR) is 115 cm³/mol. The first-order valence-corrected chi connectivity index (χ1v) is 10.4. The Bertz CT molecular complexity index is 1320. The van der Waals surface area contributed by atoms with E-state index in [1.807, 2.05) is 40.8 Å². The van der Waals surface area contributed by atoms with E-state index >= 15 is 0 Å². The molecule has 1 aliphatic rings. The molecule has 0 bridgehead atoms. The molecule has 1 fully saturated rings. The number of halogens is 1. The molecule has 2 aromatic heterocycles. The van der Waals surface area contributed by atoms with Crippen molar-refractivity contribution in [2.24, 2.45) is 0 Å². The molecule has 1 aliphatic carbocycles.